The van der Waals surface area contributed by atoms with Crippen molar-refractivity contribution in [1.29, 1.82) is 0 Å². The second kappa shape index (κ2) is 5.53. The molecule has 1 saturated carbocycles. The first-order valence-corrected chi connectivity index (χ1v) is 6.71. The van der Waals surface area contributed by atoms with E-state index in [4.69, 9.17) is 5.73 Å². The topological polar surface area (TPSA) is 46.3 Å². The van der Waals surface area contributed by atoms with Crippen molar-refractivity contribution < 1.29 is 4.79 Å². The smallest absolute Gasteiger partial charge is 0.254 e. The summed E-state index contributed by atoms with van der Waals surface area (Å²) in [5.74, 6) is 0.145. The van der Waals surface area contributed by atoms with E-state index in [9.17, 15) is 4.79 Å². The molecule has 0 unspecified atom stereocenters. The summed E-state index contributed by atoms with van der Waals surface area (Å²) in [7, 11) is 0. The van der Waals surface area contributed by atoms with E-state index in [-0.39, 0.29) is 5.91 Å². The Hall–Kier alpha value is -1.35. The second-order valence-corrected chi connectivity index (χ2v) is 5.19. The van der Waals surface area contributed by atoms with Gasteiger partial charge in [0.05, 0.1) is 0 Å². The normalized spacial score (nSPS) is 15.3. The van der Waals surface area contributed by atoms with Gasteiger partial charge < -0.3 is 10.6 Å². The van der Waals surface area contributed by atoms with Crippen molar-refractivity contribution in [2.24, 2.45) is 5.73 Å². The van der Waals surface area contributed by atoms with E-state index in [1.54, 1.807) is 0 Å². The van der Waals surface area contributed by atoms with Gasteiger partial charge >= 0.3 is 0 Å². The summed E-state index contributed by atoms with van der Waals surface area (Å²) in [6.07, 6.45) is 3.47. The third-order valence-corrected chi connectivity index (χ3v) is 3.77. The zero-order valence-electron chi connectivity index (χ0n) is 11.3. The number of carbonyl (C=O) groups is 1. The van der Waals surface area contributed by atoms with Crippen molar-refractivity contribution in [1.82, 2.24) is 4.90 Å². The first-order valence-electron chi connectivity index (χ1n) is 6.71. The molecule has 1 amide bonds. The molecule has 1 aliphatic rings. The summed E-state index contributed by atoms with van der Waals surface area (Å²) in [5, 5.41) is 0. The number of carbonyl (C=O) groups excluding carboxylic acids is 1. The van der Waals surface area contributed by atoms with Gasteiger partial charge in [-0.2, -0.15) is 0 Å². The Morgan fingerprint density at radius 1 is 1.39 bits per heavy atom. The van der Waals surface area contributed by atoms with Crippen molar-refractivity contribution in [2.45, 2.75) is 39.2 Å². The molecule has 1 aromatic carbocycles. The van der Waals surface area contributed by atoms with Gasteiger partial charge in [0.2, 0.25) is 0 Å². The van der Waals surface area contributed by atoms with Crippen LogP contribution in [-0.2, 0) is 0 Å². The number of hydrogen-bond donors (Lipinski definition) is 1. The monoisotopic (exact) mass is 246 g/mol. The molecule has 1 aromatic rings. The van der Waals surface area contributed by atoms with Crippen LogP contribution in [0.5, 0.6) is 0 Å². The first-order chi connectivity index (χ1) is 8.63. The Kier molecular flexibility index (Phi) is 4.02. The molecular formula is C15H22N2O. The third kappa shape index (κ3) is 2.56. The van der Waals surface area contributed by atoms with Gasteiger partial charge in [0, 0.05) is 24.7 Å². The molecule has 1 aliphatic carbocycles. The van der Waals surface area contributed by atoms with Gasteiger partial charge in [-0.3, -0.25) is 4.79 Å². The Morgan fingerprint density at radius 3 is 2.67 bits per heavy atom. The predicted molar refractivity (Wildman–Crippen MR) is 73.6 cm³/mol. The van der Waals surface area contributed by atoms with Crippen molar-refractivity contribution >= 4 is 5.91 Å². The summed E-state index contributed by atoms with van der Waals surface area (Å²) >= 11 is 0. The van der Waals surface area contributed by atoms with E-state index < -0.39 is 0 Å². The van der Waals surface area contributed by atoms with Crippen molar-refractivity contribution in [2.75, 3.05) is 13.1 Å². The molecule has 18 heavy (non-hydrogen) atoms. The van der Waals surface area contributed by atoms with Gasteiger partial charge in [-0.15, -0.1) is 0 Å². The molecule has 0 aromatic heterocycles. The summed E-state index contributed by atoms with van der Waals surface area (Å²) in [4.78, 5) is 14.6. The maximum atomic E-state index is 12.6. The maximum absolute atomic E-state index is 12.6. The van der Waals surface area contributed by atoms with Crippen molar-refractivity contribution in [3.05, 3.63) is 34.9 Å². The van der Waals surface area contributed by atoms with Gasteiger partial charge in [-0.25, -0.2) is 0 Å². The molecule has 0 atom stereocenters. The molecule has 0 saturated heterocycles. The molecule has 1 fully saturated rings. The van der Waals surface area contributed by atoms with E-state index >= 15 is 0 Å². The minimum Gasteiger partial charge on any atom is -0.334 e. The standard InChI is InChI=1S/C15H22N2O/c1-11-6-7-12(2)14(10-11)15(18)17(9-8-16)13-4-3-5-13/h6-7,10,13H,3-5,8-9,16H2,1-2H3. The zero-order valence-corrected chi connectivity index (χ0v) is 11.3. The fourth-order valence-electron chi connectivity index (χ4n) is 2.41. The highest BCUT2D eigenvalue weighted by molar-refractivity contribution is 5.96. The molecule has 3 nitrogen and oxygen atoms in total. The van der Waals surface area contributed by atoms with E-state index in [2.05, 4.69) is 0 Å². The lowest BCUT2D eigenvalue weighted by Gasteiger charge is -2.37. The van der Waals surface area contributed by atoms with Crippen LogP contribution in [0.3, 0.4) is 0 Å². The first kappa shape index (κ1) is 13.1. The fraction of sp³-hybridized carbons (Fsp3) is 0.533. The minimum atomic E-state index is 0.145. The average Bonchev–Trinajstić information content (AvgIpc) is 2.28. The number of hydrogen-bond acceptors (Lipinski definition) is 2. The molecule has 0 spiro atoms. The number of amides is 1. The lowest BCUT2D eigenvalue weighted by Crippen LogP contribution is -2.46. The minimum absolute atomic E-state index is 0.145. The Labute approximate surface area is 109 Å². The predicted octanol–water partition coefficient (Wildman–Crippen LogP) is 2.26. The lowest BCUT2D eigenvalue weighted by molar-refractivity contribution is 0.0588. The maximum Gasteiger partial charge on any atom is 0.254 e. The quantitative estimate of drug-likeness (QED) is 0.885. The van der Waals surface area contributed by atoms with Crippen molar-refractivity contribution in [3.8, 4) is 0 Å². The fourth-order valence-corrected chi connectivity index (χ4v) is 2.41. The van der Waals surface area contributed by atoms with E-state index in [0.717, 1.165) is 29.5 Å². The van der Waals surface area contributed by atoms with Crippen LogP contribution in [-0.4, -0.2) is 29.9 Å². The van der Waals surface area contributed by atoms with Crippen LogP contribution < -0.4 is 5.73 Å². The van der Waals surface area contributed by atoms with Crippen LogP contribution in [0, 0.1) is 13.8 Å². The number of rotatable bonds is 4. The molecule has 2 N–H and O–H groups in total. The van der Waals surface area contributed by atoms with Gasteiger partial charge in [-0.1, -0.05) is 17.7 Å². The number of aryl methyl sites for hydroxylation is 2. The Balaban J connectivity index is 2.23. The van der Waals surface area contributed by atoms with Crippen LogP contribution >= 0.6 is 0 Å². The zero-order chi connectivity index (χ0) is 13.1. The Morgan fingerprint density at radius 2 is 2.11 bits per heavy atom. The van der Waals surface area contributed by atoms with Gasteiger partial charge in [-0.05, 0) is 44.7 Å². The highest BCUT2D eigenvalue weighted by Gasteiger charge is 2.29. The number of benzene rings is 1. The highest BCUT2D eigenvalue weighted by atomic mass is 16.2. The van der Waals surface area contributed by atoms with E-state index in [1.807, 2.05) is 36.9 Å². The molecule has 98 valence electrons. The van der Waals surface area contributed by atoms with Crippen molar-refractivity contribution in [3.63, 3.8) is 0 Å². The molecule has 0 heterocycles. The molecule has 3 heteroatoms. The SMILES string of the molecule is Cc1ccc(C)c(C(=O)N(CCN)C2CCC2)c1. The van der Waals surface area contributed by atoms with Crippen LogP contribution in [0.15, 0.2) is 18.2 Å². The van der Waals surface area contributed by atoms with E-state index in [1.165, 1.54) is 6.42 Å². The molecule has 0 radical (unpaired) electrons. The molecule has 0 aliphatic heterocycles. The van der Waals surface area contributed by atoms with E-state index in [0.29, 0.717) is 19.1 Å². The van der Waals surface area contributed by atoms with Gasteiger partial charge in [0.15, 0.2) is 0 Å². The third-order valence-electron chi connectivity index (χ3n) is 3.77. The summed E-state index contributed by atoms with van der Waals surface area (Å²) in [6.45, 7) is 5.21. The number of nitrogens with zero attached hydrogens (tertiary/aromatic N) is 1. The molecular weight excluding hydrogens is 224 g/mol. The van der Waals surface area contributed by atoms with Crippen LogP contribution in [0.1, 0.15) is 40.7 Å². The second-order valence-electron chi connectivity index (χ2n) is 5.19. The van der Waals surface area contributed by atoms with Crippen LogP contribution in [0.25, 0.3) is 0 Å². The highest BCUT2D eigenvalue weighted by Crippen LogP contribution is 2.26. The number of nitrogens with two attached hydrogens (primary N) is 1. The summed E-state index contributed by atoms with van der Waals surface area (Å²) < 4.78 is 0. The van der Waals surface area contributed by atoms with Gasteiger partial charge in [0.25, 0.3) is 5.91 Å². The van der Waals surface area contributed by atoms with Crippen LogP contribution in [0.4, 0.5) is 0 Å². The molecule has 2 rings (SSSR count). The summed E-state index contributed by atoms with van der Waals surface area (Å²) in [6, 6.07) is 6.45. The Bertz CT molecular complexity index is 438. The average molecular weight is 246 g/mol. The lowest BCUT2D eigenvalue weighted by atomic mass is 9.90. The summed E-state index contributed by atoms with van der Waals surface area (Å²) in [5.41, 5.74) is 8.64. The van der Waals surface area contributed by atoms with Crippen LogP contribution in [0.2, 0.25) is 0 Å². The van der Waals surface area contributed by atoms with Gasteiger partial charge in [0.1, 0.15) is 0 Å². The largest absolute Gasteiger partial charge is 0.334 e. The molecule has 0 bridgehead atoms.